The molecule has 0 fully saturated rings. The molecule has 0 spiro atoms. The number of carbonyl (C=O) groups excluding carboxylic acids is 1. The van der Waals surface area contributed by atoms with Crippen LogP contribution in [0.2, 0.25) is 0 Å². The summed E-state index contributed by atoms with van der Waals surface area (Å²) >= 11 is 0. The molecule has 0 aliphatic heterocycles. The second-order valence-corrected chi connectivity index (χ2v) is 6.41. The molecule has 6 nitrogen and oxygen atoms in total. The quantitative estimate of drug-likeness (QED) is 0.454. The predicted octanol–water partition coefficient (Wildman–Crippen LogP) is 3.87. The predicted molar refractivity (Wildman–Crippen MR) is 111 cm³/mol. The zero-order valence-electron chi connectivity index (χ0n) is 16.6. The summed E-state index contributed by atoms with van der Waals surface area (Å²) in [6.07, 6.45) is 7.43. The Morgan fingerprint density at radius 2 is 2.11 bits per heavy atom. The number of amides is 1. The number of methoxy groups -OCH3 is 1. The van der Waals surface area contributed by atoms with Crippen molar-refractivity contribution in [3.8, 4) is 5.75 Å². The molecule has 0 bridgehead atoms. The molecule has 1 amide bonds. The second-order valence-electron chi connectivity index (χ2n) is 6.41. The van der Waals surface area contributed by atoms with Gasteiger partial charge in [0.2, 0.25) is 0 Å². The van der Waals surface area contributed by atoms with E-state index in [1.807, 2.05) is 31.2 Å². The Labute approximate surface area is 166 Å². The second kappa shape index (κ2) is 11.8. The van der Waals surface area contributed by atoms with Crippen LogP contribution in [0.1, 0.15) is 47.8 Å². The number of benzene rings is 1. The van der Waals surface area contributed by atoms with Crippen LogP contribution >= 0.6 is 0 Å². The van der Waals surface area contributed by atoms with Gasteiger partial charge in [0.05, 0.1) is 24.5 Å². The third-order valence-corrected chi connectivity index (χ3v) is 4.14. The van der Waals surface area contributed by atoms with Crippen LogP contribution in [0.15, 0.2) is 48.6 Å². The van der Waals surface area contributed by atoms with Gasteiger partial charge in [-0.15, -0.1) is 0 Å². The van der Waals surface area contributed by atoms with Gasteiger partial charge in [0, 0.05) is 13.7 Å². The number of hydrogen-bond donors (Lipinski definition) is 2. The topological polar surface area (TPSA) is 86.5 Å². The number of carbonyl (C=O) groups is 1. The van der Waals surface area contributed by atoms with Crippen LogP contribution < -0.4 is 15.8 Å². The van der Waals surface area contributed by atoms with Crippen LogP contribution in [0.4, 0.5) is 5.82 Å². The highest BCUT2D eigenvalue weighted by Gasteiger charge is 2.11. The number of rotatable bonds is 11. The Morgan fingerprint density at radius 1 is 1.25 bits per heavy atom. The fourth-order valence-electron chi connectivity index (χ4n) is 2.68. The number of hydrogen-bond acceptors (Lipinski definition) is 5. The lowest BCUT2D eigenvalue weighted by Crippen LogP contribution is -2.24. The molecule has 0 radical (unpaired) electrons. The van der Waals surface area contributed by atoms with E-state index in [1.165, 1.54) is 0 Å². The molecule has 6 heteroatoms. The van der Waals surface area contributed by atoms with E-state index >= 15 is 0 Å². The van der Waals surface area contributed by atoms with Crippen LogP contribution in [0.3, 0.4) is 0 Å². The highest BCUT2D eigenvalue weighted by Crippen LogP contribution is 2.15. The molecule has 0 unspecified atom stereocenters. The summed E-state index contributed by atoms with van der Waals surface area (Å²) in [7, 11) is 1.58. The first-order chi connectivity index (χ1) is 13.6. The van der Waals surface area contributed by atoms with Crippen LogP contribution in [-0.2, 0) is 17.9 Å². The molecule has 1 heterocycles. The number of anilines is 1. The van der Waals surface area contributed by atoms with Crippen LogP contribution in [0, 0.1) is 0 Å². The van der Waals surface area contributed by atoms with Gasteiger partial charge < -0.3 is 20.5 Å². The van der Waals surface area contributed by atoms with Gasteiger partial charge in [0.15, 0.2) is 0 Å². The van der Waals surface area contributed by atoms with Crippen LogP contribution in [0.5, 0.6) is 5.75 Å². The van der Waals surface area contributed by atoms with Crippen molar-refractivity contribution in [1.82, 2.24) is 10.3 Å². The lowest BCUT2D eigenvalue weighted by atomic mass is 10.2. The number of unbranched alkanes of at least 4 members (excludes halogenated alkanes) is 2. The molecule has 1 aromatic heterocycles. The maximum atomic E-state index is 12.4. The first kappa shape index (κ1) is 21.4. The number of ether oxygens (including phenoxy) is 2. The molecular weight excluding hydrogens is 354 g/mol. The van der Waals surface area contributed by atoms with Gasteiger partial charge in [-0.25, -0.2) is 4.98 Å². The summed E-state index contributed by atoms with van der Waals surface area (Å²) < 4.78 is 10.8. The average molecular weight is 383 g/mol. The van der Waals surface area contributed by atoms with Crippen molar-refractivity contribution < 1.29 is 14.3 Å². The summed E-state index contributed by atoms with van der Waals surface area (Å²) in [5, 5.41) is 2.87. The molecule has 2 rings (SSSR count). The van der Waals surface area contributed by atoms with Crippen molar-refractivity contribution in [2.45, 2.75) is 39.3 Å². The molecule has 28 heavy (non-hydrogen) atoms. The SMILES string of the molecule is C/C=C/CCCCOc1cccc(CNC(=O)c2ccc(COC)nc2N)c1. The number of allylic oxidation sites excluding steroid dienone is 2. The van der Waals surface area contributed by atoms with Crippen LogP contribution in [-0.4, -0.2) is 24.6 Å². The number of pyridine rings is 1. The number of nitrogens with zero attached hydrogens (tertiary/aromatic N) is 1. The number of nitrogens with two attached hydrogens (primary N) is 1. The molecule has 3 N–H and O–H groups in total. The normalized spacial score (nSPS) is 10.9. The van der Waals surface area contributed by atoms with Gasteiger partial charge >= 0.3 is 0 Å². The summed E-state index contributed by atoms with van der Waals surface area (Å²) in [6.45, 7) is 3.45. The van der Waals surface area contributed by atoms with E-state index in [0.717, 1.165) is 30.6 Å². The smallest absolute Gasteiger partial charge is 0.255 e. The van der Waals surface area contributed by atoms with Gasteiger partial charge in [0.25, 0.3) is 5.91 Å². The highest BCUT2D eigenvalue weighted by atomic mass is 16.5. The van der Waals surface area contributed by atoms with Gasteiger partial charge in [-0.2, -0.15) is 0 Å². The van der Waals surface area contributed by atoms with Gasteiger partial charge in [0.1, 0.15) is 11.6 Å². The fraction of sp³-hybridized carbons (Fsp3) is 0.364. The Balaban J connectivity index is 1.84. The fourth-order valence-corrected chi connectivity index (χ4v) is 2.68. The molecular formula is C22H29N3O3. The van der Waals surface area contributed by atoms with E-state index in [9.17, 15) is 4.79 Å². The first-order valence-corrected chi connectivity index (χ1v) is 9.49. The largest absolute Gasteiger partial charge is 0.494 e. The summed E-state index contributed by atoms with van der Waals surface area (Å²) in [5.41, 5.74) is 7.89. The molecule has 2 aromatic rings. The minimum Gasteiger partial charge on any atom is -0.494 e. The summed E-state index contributed by atoms with van der Waals surface area (Å²) in [5.74, 6) is 0.745. The third-order valence-electron chi connectivity index (χ3n) is 4.14. The molecule has 0 atom stereocenters. The van der Waals surface area contributed by atoms with Crippen molar-refractivity contribution >= 4 is 11.7 Å². The zero-order valence-corrected chi connectivity index (χ0v) is 16.6. The van der Waals surface area contributed by atoms with E-state index in [-0.39, 0.29) is 11.7 Å². The lowest BCUT2D eigenvalue weighted by Gasteiger charge is -2.10. The molecule has 1 aromatic carbocycles. The first-order valence-electron chi connectivity index (χ1n) is 9.49. The van der Waals surface area contributed by atoms with E-state index in [2.05, 4.69) is 22.5 Å². The molecule has 0 aliphatic carbocycles. The lowest BCUT2D eigenvalue weighted by molar-refractivity contribution is 0.0951. The third kappa shape index (κ3) is 7.04. The van der Waals surface area contributed by atoms with Crippen molar-refractivity contribution in [1.29, 1.82) is 0 Å². The Morgan fingerprint density at radius 3 is 2.86 bits per heavy atom. The Hall–Kier alpha value is -2.86. The van der Waals surface area contributed by atoms with Crippen molar-refractivity contribution in [3.05, 3.63) is 65.4 Å². The van der Waals surface area contributed by atoms with E-state index in [4.69, 9.17) is 15.2 Å². The zero-order chi connectivity index (χ0) is 20.2. The van der Waals surface area contributed by atoms with E-state index in [0.29, 0.717) is 31.0 Å². The summed E-state index contributed by atoms with van der Waals surface area (Å²) in [6, 6.07) is 11.1. The minimum absolute atomic E-state index is 0.196. The highest BCUT2D eigenvalue weighted by molar-refractivity contribution is 5.98. The maximum Gasteiger partial charge on any atom is 0.255 e. The number of nitrogen functional groups attached to an aromatic ring is 1. The molecule has 150 valence electrons. The average Bonchev–Trinajstić information content (AvgIpc) is 2.69. The van der Waals surface area contributed by atoms with Gasteiger partial charge in [-0.05, 0) is 56.0 Å². The number of aromatic nitrogens is 1. The van der Waals surface area contributed by atoms with E-state index in [1.54, 1.807) is 19.2 Å². The van der Waals surface area contributed by atoms with Crippen molar-refractivity contribution in [2.24, 2.45) is 0 Å². The molecule has 0 saturated heterocycles. The van der Waals surface area contributed by atoms with Crippen molar-refractivity contribution in [2.75, 3.05) is 19.5 Å². The van der Waals surface area contributed by atoms with Gasteiger partial charge in [-0.3, -0.25) is 4.79 Å². The Bertz CT molecular complexity index is 790. The standard InChI is InChI=1S/C22H29N3O3/c1-3-4-5-6-7-13-28-19-10-8-9-17(14-19)15-24-22(26)20-12-11-18(16-27-2)25-21(20)23/h3-4,8-12,14H,5-7,13,15-16H2,1-2H3,(H2,23,25)(H,24,26)/b4-3+. The summed E-state index contributed by atoms with van der Waals surface area (Å²) in [4.78, 5) is 16.6. The monoisotopic (exact) mass is 383 g/mol. The minimum atomic E-state index is -0.260. The molecule has 0 aliphatic rings. The van der Waals surface area contributed by atoms with E-state index < -0.39 is 0 Å². The number of nitrogens with one attached hydrogen (secondary N) is 1. The molecule has 0 saturated carbocycles. The van der Waals surface area contributed by atoms with Crippen LogP contribution in [0.25, 0.3) is 0 Å². The van der Waals surface area contributed by atoms with Gasteiger partial charge in [-0.1, -0.05) is 24.3 Å². The maximum absolute atomic E-state index is 12.4. The van der Waals surface area contributed by atoms with Crippen molar-refractivity contribution in [3.63, 3.8) is 0 Å². The Kier molecular flexibility index (Phi) is 9.01.